The number of aromatic nitrogens is 3. The van der Waals surface area contributed by atoms with E-state index in [1.165, 1.54) is 23.0 Å². The Morgan fingerprint density at radius 1 is 0.921 bits per heavy atom. The number of carbonyl (C=O) groups excluding carboxylic acids is 1. The number of ether oxygens (including phenoxy) is 1. The first kappa shape index (κ1) is 24.8. The first-order valence-corrected chi connectivity index (χ1v) is 12.0. The summed E-state index contributed by atoms with van der Waals surface area (Å²) in [7, 11) is 0. The fraction of sp³-hybridized carbons (Fsp3) is 0.185. The van der Waals surface area contributed by atoms with E-state index in [1.807, 2.05) is 4.90 Å². The molecule has 2 aromatic heterocycles. The number of anilines is 4. The zero-order chi connectivity index (χ0) is 26.5. The molecule has 1 aliphatic rings. The molecule has 2 aromatic carbocycles. The van der Waals surface area contributed by atoms with Crippen LogP contribution in [0.1, 0.15) is 12.8 Å². The van der Waals surface area contributed by atoms with E-state index in [0.717, 1.165) is 11.5 Å². The van der Waals surface area contributed by atoms with Crippen molar-refractivity contribution >= 4 is 35.0 Å². The third-order valence-corrected chi connectivity index (χ3v) is 6.14. The number of hydrogen-bond acceptors (Lipinski definition) is 7. The maximum absolute atomic E-state index is 13.0. The summed E-state index contributed by atoms with van der Waals surface area (Å²) in [6, 6.07) is 17.7. The quantitative estimate of drug-likeness (QED) is 0.301. The minimum atomic E-state index is -0.751. The lowest BCUT2D eigenvalue weighted by Crippen LogP contribution is -2.36. The molecule has 0 unspecified atom stereocenters. The van der Waals surface area contributed by atoms with Crippen LogP contribution in [0.25, 0.3) is 0 Å². The maximum atomic E-state index is 13.0. The van der Waals surface area contributed by atoms with Gasteiger partial charge in [0.2, 0.25) is 0 Å². The standard InChI is InChI=1S/C27H25FN6O4/c28-19-1-6-22(7-2-19)38-23-8-3-20(4-9-23)30-24-13-16-34(32-24)27(37)31-21-5-10-25(29-17-21)33-14-11-18(12-15-33)26(35)36/h1-10,13,16-18H,11-12,14-15H2,(H,30,32)(H,31,37)(H,35,36). The highest BCUT2D eigenvalue weighted by Crippen LogP contribution is 2.25. The van der Waals surface area contributed by atoms with Gasteiger partial charge in [0.05, 0.1) is 17.8 Å². The maximum Gasteiger partial charge on any atom is 0.346 e. The van der Waals surface area contributed by atoms with Crippen LogP contribution in [0.2, 0.25) is 0 Å². The third-order valence-electron chi connectivity index (χ3n) is 6.14. The van der Waals surface area contributed by atoms with Crippen LogP contribution in [0.4, 0.5) is 32.2 Å². The Hall–Kier alpha value is -4.93. The summed E-state index contributed by atoms with van der Waals surface area (Å²) in [4.78, 5) is 30.2. The average Bonchev–Trinajstić information content (AvgIpc) is 3.40. The summed E-state index contributed by atoms with van der Waals surface area (Å²) in [5.41, 5.74) is 1.26. The number of nitrogens with zero attached hydrogens (tertiary/aromatic N) is 4. The number of carbonyl (C=O) groups is 2. The summed E-state index contributed by atoms with van der Waals surface area (Å²) in [6.07, 6.45) is 4.27. The molecule has 0 spiro atoms. The van der Waals surface area contributed by atoms with Crippen LogP contribution in [0, 0.1) is 11.7 Å². The van der Waals surface area contributed by atoms with Crippen molar-refractivity contribution in [2.24, 2.45) is 5.92 Å². The van der Waals surface area contributed by atoms with Gasteiger partial charge in [-0.15, -0.1) is 5.10 Å². The molecular formula is C27H25FN6O4. The summed E-state index contributed by atoms with van der Waals surface area (Å²) < 4.78 is 19.9. The predicted octanol–water partition coefficient (Wildman–Crippen LogP) is 5.33. The number of nitrogens with one attached hydrogen (secondary N) is 2. The SMILES string of the molecule is O=C(O)C1CCN(c2ccc(NC(=O)n3ccc(Nc4ccc(Oc5ccc(F)cc5)cc4)n3)cn2)CC1. The average molecular weight is 517 g/mol. The molecule has 1 aliphatic heterocycles. The Balaban J connectivity index is 1.13. The normalized spacial score (nSPS) is 13.7. The fourth-order valence-corrected chi connectivity index (χ4v) is 4.08. The van der Waals surface area contributed by atoms with Gasteiger partial charge in [-0.3, -0.25) is 4.79 Å². The topological polar surface area (TPSA) is 122 Å². The third kappa shape index (κ3) is 6.06. The van der Waals surface area contributed by atoms with Gasteiger partial charge in [0, 0.05) is 31.0 Å². The molecule has 1 fully saturated rings. The number of carboxylic acid groups (broad SMARTS) is 1. The van der Waals surface area contributed by atoms with Crippen LogP contribution >= 0.6 is 0 Å². The van der Waals surface area contributed by atoms with Gasteiger partial charge >= 0.3 is 12.0 Å². The van der Waals surface area contributed by atoms with Gasteiger partial charge in [-0.1, -0.05) is 0 Å². The van der Waals surface area contributed by atoms with Crippen LogP contribution in [-0.2, 0) is 4.79 Å². The van der Waals surface area contributed by atoms with Crippen molar-refractivity contribution < 1.29 is 23.8 Å². The van der Waals surface area contributed by atoms with Gasteiger partial charge in [0.1, 0.15) is 23.1 Å². The van der Waals surface area contributed by atoms with E-state index in [2.05, 4.69) is 20.7 Å². The van der Waals surface area contributed by atoms with Crippen molar-refractivity contribution in [3.8, 4) is 11.5 Å². The molecular weight excluding hydrogens is 491 g/mol. The van der Waals surface area contributed by atoms with Gasteiger partial charge in [-0.05, 0) is 73.5 Å². The summed E-state index contributed by atoms with van der Waals surface area (Å²) in [5, 5.41) is 19.3. The molecule has 11 heteroatoms. The van der Waals surface area contributed by atoms with E-state index in [9.17, 15) is 14.0 Å². The largest absolute Gasteiger partial charge is 0.481 e. The number of benzene rings is 2. The Morgan fingerprint density at radius 3 is 2.21 bits per heavy atom. The van der Waals surface area contributed by atoms with Crippen LogP contribution < -0.4 is 20.3 Å². The van der Waals surface area contributed by atoms with Crippen molar-refractivity contribution in [3.05, 3.63) is 84.9 Å². The van der Waals surface area contributed by atoms with Crippen molar-refractivity contribution in [3.63, 3.8) is 0 Å². The van der Waals surface area contributed by atoms with Crippen molar-refractivity contribution in [1.82, 2.24) is 14.8 Å². The number of rotatable bonds is 7. The van der Waals surface area contributed by atoms with E-state index < -0.39 is 12.0 Å². The lowest BCUT2D eigenvalue weighted by Gasteiger charge is -2.31. The van der Waals surface area contributed by atoms with E-state index >= 15 is 0 Å². The Kier molecular flexibility index (Phi) is 7.16. The van der Waals surface area contributed by atoms with Gasteiger partial charge < -0.3 is 25.4 Å². The van der Waals surface area contributed by atoms with Gasteiger partial charge in [-0.2, -0.15) is 4.68 Å². The van der Waals surface area contributed by atoms with Gasteiger partial charge in [-0.25, -0.2) is 14.2 Å². The second-order valence-corrected chi connectivity index (χ2v) is 8.79. The smallest absolute Gasteiger partial charge is 0.346 e. The molecule has 38 heavy (non-hydrogen) atoms. The van der Waals surface area contributed by atoms with Crippen molar-refractivity contribution in [2.45, 2.75) is 12.8 Å². The van der Waals surface area contributed by atoms with E-state index in [1.54, 1.807) is 60.8 Å². The molecule has 3 N–H and O–H groups in total. The van der Waals surface area contributed by atoms with E-state index in [0.29, 0.717) is 48.9 Å². The monoisotopic (exact) mass is 516 g/mol. The second kappa shape index (κ2) is 11.0. The molecule has 0 bridgehead atoms. The number of pyridine rings is 1. The first-order chi connectivity index (χ1) is 18.4. The number of halogens is 1. The number of carboxylic acids is 1. The molecule has 0 radical (unpaired) electrons. The lowest BCUT2D eigenvalue weighted by molar-refractivity contribution is -0.142. The van der Waals surface area contributed by atoms with Crippen molar-refractivity contribution in [2.75, 3.05) is 28.6 Å². The second-order valence-electron chi connectivity index (χ2n) is 8.79. The molecule has 194 valence electrons. The first-order valence-electron chi connectivity index (χ1n) is 12.0. The zero-order valence-electron chi connectivity index (χ0n) is 20.3. The summed E-state index contributed by atoms with van der Waals surface area (Å²) in [5.74, 6) is 0.958. The highest BCUT2D eigenvalue weighted by molar-refractivity contribution is 5.90. The number of aliphatic carboxylic acids is 1. The van der Waals surface area contributed by atoms with E-state index in [4.69, 9.17) is 9.84 Å². The lowest BCUT2D eigenvalue weighted by atomic mass is 9.97. The zero-order valence-corrected chi connectivity index (χ0v) is 20.3. The van der Waals surface area contributed by atoms with Crippen molar-refractivity contribution in [1.29, 1.82) is 0 Å². The Morgan fingerprint density at radius 2 is 1.58 bits per heavy atom. The molecule has 0 aliphatic carbocycles. The van der Waals surface area contributed by atoms with E-state index in [-0.39, 0.29) is 11.7 Å². The molecule has 1 saturated heterocycles. The van der Waals surface area contributed by atoms with Crippen LogP contribution in [0.3, 0.4) is 0 Å². The molecule has 0 saturated carbocycles. The number of amides is 1. The Bertz CT molecular complexity index is 1400. The Labute approximate surface area is 217 Å². The summed E-state index contributed by atoms with van der Waals surface area (Å²) in [6.45, 7) is 1.26. The van der Waals surface area contributed by atoms with Crippen LogP contribution in [0.5, 0.6) is 11.5 Å². The highest BCUT2D eigenvalue weighted by atomic mass is 19.1. The molecule has 4 aromatic rings. The van der Waals surface area contributed by atoms with Gasteiger partial charge in [0.25, 0.3) is 0 Å². The minimum absolute atomic E-state index is 0.306. The molecule has 1 amide bonds. The number of piperidine rings is 1. The number of hydrogen-bond donors (Lipinski definition) is 3. The minimum Gasteiger partial charge on any atom is -0.481 e. The van der Waals surface area contributed by atoms with Gasteiger partial charge in [0.15, 0.2) is 5.82 Å². The summed E-state index contributed by atoms with van der Waals surface area (Å²) >= 11 is 0. The van der Waals surface area contributed by atoms with Crippen LogP contribution in [-0.4, -0.2) is 45.0 Å². The molecule has 10 nitrogen and oxygen atoms in total. The molecule has 5 rings (SSSR count). The van der Waals surface area contributed by atoms with Crippen LogP contribution in [0.15, 0.2) is 79.1 Å². The highest BCUT2D eigenvalue weighted by Gasteiger charge is 2.25. The molecule has 3 heterocycles. The molecule has 0 atom stereocenters. The fourth-order valence-electron chi connectivity index (χ4n) is 4.08. The predicted molar refractivity (Wildman–Crippen MR) is 140 cm³/mol.